The van der Waals surface area contributed by atoms with Crippen LogP contribution < -0.4 is 15.0 Å². The lowest BCUT2D eigenvalue weighted by molar-refractivity contribution is 0.415. The Morgan fingerprint density at radius 2 is 1.95 bits per heavy atom. The predicted molar refractivity (Wildman–Crippen MR) is 84.1 cm³/mol. The van der Waals surface area contributed by atoms with Gasteiger partial charge in [0.15, 0.2) is 0 Å². The van der Waals surface area contributed by atoms with Gasteiger partial charge >= 0.3 is 0 Å². The Morgan fingerprint density at radius 3 is 2.70 bits per heavy atom. The van der Waals surface area contributed by atoms with E-state index in [1.807, 2.05) is 54.4 Å². The van der Waals surface area contributed by atoms with Gasteiger partial charge in [-0.3, -0.25) is 0 Å². The van der Waals surface area contributed by atoms with Gasteiger partial charge in [0.1, 0.15) is 17.4 Å². The normalized spacial score (nSPS) is 10.2. The first kappa shape index (κ1) is 14.2. The first-order chi connectivity index (χ1) is 9.76. The van der Waals surface area contributed by atoms with Gasteiger partial charge in [0.2, 0.25) is 0 Å². The van der Waals surface area contributed by atoms with E-state index in [9.17, 15) is 0 Å². The molecule has 0 saturated heterocycles. The molecule has 2 rings (SSSR count). The molecule has 0 aliphatic carbocycles. The second-order valence-electron chi connectivity index (χ2n) is 4.54. The van der Waals surface area contributed by atoms with Gasteiger partial charge in [0.25, 0.3) is 0 Å². The lowest BCUT2D eigenvalue weighted by atomic mass is 10.2. The molecule has 0 saturated carbocycles. The number of pyridine rings is 1. The number of hydrogen-bond acceptors (Lipinski definition) is 4. The monoisotopic (exact) mass is 271 g/mol. The standard InChI is InChI=1S/C16H21N3O/c1-4-12-17-15-10-7-11-16(18-15)19(2)13-8-5-6-9-14(13)20-3/h5-11H,4,12H2,1-3H3,(H,17,18). The highest BCUT2D eigenvalue weighted by Gasteiger charge is 2.10. The van der Waals surface area contributed by atoms with Crippen molar-refractivity contribution in [2.24, 2.45) is 0 Å². The maximum atomic E-state index is 5.40. The Balaban J connectivity index is 2.26. The summed E-state index contributed by atoms with van der Waals surface area (Å²) >= 11 is 0. The fraction of sp³-hybridized carbons (Fsp3) is 0.312. The Bertz CT molecular complexity index is 557. The summed E-state index contributed by atoms with van der Waals surface area (Å²) in [5, 5.41) is 3.30. The molecule has 2 aromatic rings. The number of methoxy groups -OCH3 is 1. The third kappa shape index (κ3) is 3.20. The second kappa shape index (κ2) is 6.80. The molecule has 1 aromatic carbocycles. The molecule has 0 fully saturated rings. The molecule has 0 amide bonds. The first-order valence-corrected chi connectivity index (χ1v) is 6.84. The maximum Gasteiger partial charge on any atom is 0.142 e. The molecular weight excluding hydrogens is 250 g/mol. The smallest absolute Gasteiger partial charge is 0.142 e. The van der Waals surface area contributed by atoms with Crippen LogP contribution in [0.5, 0.6) is 5.75 Å². The largest absolute Gasteiger partial charge is 0.495 e. The van der Waals surface area contributed by atoms with E-state index >= 15 is 0 Å². The van der Waals surface area contributed by atoms with Gasteiger partial charge < -0.3 is 15.0 Å². The Labute approximate surface area is 120 Å². The minimum atomic E-state index is 0.837. The van der Waals surface area contributed by atoms with Crippen LogP contribution in [0.2, 0.25) is 0 Å². The van der Waals surface area contributed by atoms with Gasteiger partial charge in [-0.15, -0.1) is 0 Å². The lowest BCUT2D eigenvalue weighted by Gasteiger charge is -2.21. The van der Waals surface area contributed by atoms with Crippen LogP contribution in [0.15, 0.2) is 42.5 Å². The summed E-state index contributed by atoms with van der Waals surface area (Å²) < 4.78 is 5.40. The van der Waals surface area contributed by atoms with Gasteiger partial charge in [0.05, 0.1) is 12.8 Å². The highest BCUT2D eigenvalue weighted by molar-refractivity contribution is 5.67. The average Bonchev–Trinajstić information content (AvgIpc) is 2.52. The van der Waals surface area contributed by atoms with E-state index in [0.717, 1.165) is 36.0 Å². The third-order valence-corrected chi connectivity index (χ3v) is 3.08. The molecule has 1 heterocycles. The van der Waals surface area contributed by atoms with E-state index in [4.69, 9.17) is 4.74 Å². The highest BCUT2D eigenvalue weighted by Crippen LogP contribution is 2.31. The molecule has 4 heteroatoms. The van der Waals surface area contributed by atoms with Crippen LogP contribution in [-0.2, 0) is 0 Å². The second-order valence-corrected chi connectivity index (χ2v) is 4.54. The molecule has 1 N–H and O–H groups in total. The number of hydrogen-bond donors (Lipinski definition) is 1. The van der Waals surface area contributed by atoms with Crippen LogP contribution in [0, 0.1) is 0 Å². The van der Waals surface area contributed by atoms with E-state index in [-0.39, 0.29) is 0 Å². The summed E-state index contributed by atoms with van der Waals surface area (Å²) in [6, 6.07) is 13.9. The van der Waals surface area contributed by atoms with Gasteiger partial charge in [-0.05, 0) is 30.7 Å². The zero-order valence-electron chi connectivity index (χ0n) is 12.3. The number of para-hydroxylation sites is 2. The Morgan fingerprint density at radius 1 is 1.15 bits per heavy atom. The summed E-state index contributed by atoms with van der Waals surface area (Å²) in [6.07, 6.45) is 1.08. The van der Waals surface area contributed by atoms with Crippen molar-refractivity contribution in [3.63, 3.8) is 0 Å². The van der Waals surface area contributed by atoms with Crippen molar-refractivity contribution in [1.82, 2.24) is 4.98 Å². The first-order valence-electron chi connectivity index (χ1n) is 6.84. The lowest BCUT2D eigenvalue weighted by Crippen LogP contribution is -2.13. The molecule has 0 spiro atoms. The summed E-state index contributed by atoms with van der Waals surface area (Å²) in [7, 11) is 3.67. The van der Waals surface area contributed by atoms with Crippen LogP contribution in [0.3, 0.4) is 0 Å². The van der Waals surface area contributed by atoms with Crippen LogP contribution in [-0.4, -0.2) is 25.7 Å². The molecule has 1 aromatic heterocycles. The van der Waals surface area contributed by atoms with Crippen LogP contribution in [0.25, 0.3) is 0 Å². The van der Waals surface area contributed by atoms with Crippen molar-refractivity contribution in [2.45, 2.75) is 13.3 Å². The van der Waals surface area contributed by atoms with Crippen molar-refractivity contribution in [1.29, 1.82) is 0 Å². The number of rotatable bonds is 6. The number of aromatic nitrogens is 1. The summed E-state index contributed by atoms with van der Waals surface area (Å²) in [4.78, 5) is 6.65. The molecule has 0 bridgehead atoms. The van der Waals surface area contributed by atoms with Gasteiger partial charge in [-0.1, -0.05) is 25.1 Å². The van der Waals surface area contributed by atoms with Crippen LogP contribution in [0.1, 0.15) is 13.3 Å². The molecule has 4 nitrogen and oxygen atoms in total. The summed E-state index contributed by atoms with van der Waals surface area (Å²) in [5.74, 6) is 2.62. The van der Waals surface area contributed by atoms with Crippen molar-refractivity contribution in [3.05, 3.63) is 42.5 Å². The zero-order chi connectivity index (χ0) is 14.4. The van der Waals surface area contributed by atoms with Gasteiger partial charge in [0, 0.05) is 13.6 Å². The Hall–Kier alpha value is -2.23. The van der Waals surface area contributed by atoms with Crippen molar-refractivity contribution >= 4 is 17.3 Å². The molecular formula is C16H21N3O. The number of nitrogens with one attached hydrogen (secondary N) is 1. The number of benzene rings is 1. The summed E-state index contributed by atoms with van der Waals surface area (Å²) in [5.41, 5.74) is 0.996. The predicted octanol–water partition coefficient (Wildman–Crippen LogP) is 3.68. The van der Waals surface area contributed by atoms with Gasteiger partial charge in [-0.25, -0.2) is 4.98 Å². The highest BCUT2D eigenvalue weighted by atomic mass is 16.5. The minimum Gasteiger partial charge on any atom is -0.495 e. The summed E-state index contributed by atoms with van der Waals surface area (Å²) in [6.45, 7) is 3.06. The van der Waals surface area contributed by atoms with E-state index in [1.165, 1.54) is 0 Å². The van der Waals surface area contributed by atoms with E-state index in [1.54, 1.807) is 7.11 Å². The number of anilines is 3. The van der Waals surface area contributed by atoms with E-state index in [0.29, 0.717) is 0 Å². The molecule has 106 valence electrons. The van der Waals surface area contributed by atoms with E-state index in [2.05, 4.69) is 17.2 Å². The van der Waals surface area contributed by atoms with E-state index < -0.39 is 0 Å². The minimum absolute atomic E-state index is 0.837. The molecule has 0 aliphatic heterocycles. The van der Waals surface area contributed by atoms with Crippen molar-refractivity contribution in [2.75, 3.05) is 30.9 Å². The van der Waals surface area contributed by atoms with Crippen molar-refractivity contribution < 1.29 is 4.74 Å². The van der Waals surface area contributed by atoms with Crippen molar-refractivity contribution in [3.8, 4) is 5.75 Å². The molecule has 0 aliphatic rings. The third-order valence-electron chi connectivity index (χ3n) is 3.08. The quantitative estimate of drug-likeness (QED) is 0.869. The number of ether oxygens (including phenoxy) is 1. The maximum absolute atomic E-state index is 5.40. The molecule has 20 heavy (non-hydrogen) atoms. The average molecular weight is 271 g/mol. The SMILES string of the molecule is CCCNc1cccc(N(C)c2ccccc2OC)n1. The molecule has 0 atom stereocenters. The molecule has 0 unspecified atom stereocenters. The van der Waals surface area contributed by atoms with Crippen LogP contribution in [0.4, 0.5) is 17.3 Å². The zero-order valence-corrected chi connectivity index (χ0v) is 12.3. The fourth-order valence-corrected chi connectivity index (χ4v) is 1.99. The number of nitrogens with zero attached hydrogens (tertiary/aromatic N) is 2. The fourth-order valence-electron chi connectivity index (χ4n) is 1.99. The Kier molecular flexibility index (Phi) is 4.82. The van der Waals surface area contributed by atoms with Crippen LogP contribution >= 0.6 is 0 Å². The van der Waals surface area contributed by atoms with Gasteiger partial charge in [-0.2, -0.15) is 0 Å². The molecule has 0 radical (unpaired) electrons. The topological polar surface area (TPSA) is 37.4 Å².